The van der Waals surface area contributed by atoms with Crippen molar-refractivity contribution >= 4 is 29.3 Å². The van der Waals surface area contributed by atoms with E-state index in [4.69, 9.17) is 4.74 Å². The molecule has 0 heterocycles. The number of carbonyl (C=O) groups is 1. The summed E-state index contributed by atoms with van der Waals surface area (Å²) in [5, 5.41) is 0. The molecule has 1 aromatic rings. The Morgan fingerprint density at radius 1 is 1.16 bits per heavy atom. The number of benzene rings is 1. The smallest absolute Gasteiger partial charge is 0.190 e. The van der Waals surface area contributed by atoms with Gasteiger partial charge in [0.05, 0.1) is 7.11 Å². The highest BCUT2D eigenvalue weighted by Crippen LogP contribution is 2.31. The molecule has 0 spiro atoms. The summed E-state index contributed by atoms with van der Waals surface area (Å²) in [5.74, 6) is 0.899. The van der Waals surface area contributed by atoms with E-state index in [0.717, 1.165) is 34.0 Å². The fourth-order valence-corrected chi connectivity index (χ4v) is 3.35. The van der Waals surface area contributed by atoms with Gasteiger partial charge in [-0.3, -0.25) is 4.79 Å². The van der Waals surface area contributed by atoms with Crippen LogP contribution in [0.15, 0.2) is 34.1 Å². The Balaban J connectivity index is 3.08. The summed E-state index contributed by atoms with van der Waals surface area (Å²) in [5.41, 5.74) is 1.65. The molecule has 4 heteroatoms. The summed E-state index contributed by atoms with van der Waals surface area (Å²) in [4.78, 5) is 12.6. The van der Waals surface area contributed by atoms with Crippen LogP contribution in [0.4, 0.5) is 0 Å². The van der Waals surface area contributed by atoms with E-state index >= 15 is 0 Å². The monoisotopic (exact) mass is 296 g/mol. The van der Waals surface area contributed by atoms with Crippen molar-refractivity contribution < 1.29 is 9.53 Å². The van der Waals surface area contributed by atoms with Crippen molar-refractivity contribution in [3.8, 4) is 5.75 Å². The summed E-state index contributed by atoms with van der Waals surface area (Å²) in [6.07, 6.45) is 5.83. The van der Waals surface area contributed by atoms with Crippen LogP contribution >= 0.6 is 23.5 Å². The first kappa shape index (κ1) is 16.2. The zero-order valence-electron chi connectivity index (χ0n) is 11.9. The number of Topliss-reactive ketones (excluding diaryl/α,β-unsaturated/α-hetero) is 1. The molecular formula is C15H20O2S2. The number of ether oxygens (including phenoxy) is 1. The maximum absolute atomic E-state index is 12.6. The maximum Gasteiger partial charge on any atom is 0.190 e. The summed E-state index contributed by atoms with van der Waals surface area (Å²) >= 11 is 3.29. The fraction of sp³-hybridized carbons (Fsp3) is 0.400. The molecule has 0 bridgehead atoms. The molecule has 0 aliphatic heterocycles. The number of rotatable bonds is 7. The van der Waals surface area contributed by atoms with Crippen molar-refractivity contribution in [3.05, 3.63) is 39.6 Å². The Bertz CT molecular complexity index is 444. The van der Waals surface area contributed by atoms with Crippen LogP contribution in [0.1, 0.15) is 30.1 Å². The molecule has 0 fully saturated rings. The minimum atomic E-state index is 0.128. The number of thioether (sulfide) groups is 2. The molecule has 0 unspecified atom stereocenters. The molecule has 2 nitrogen and oxygen atoms in total. The summed E-state index contributed by atoms with van der Waals surface area (Å²) < 4.78 is 6.23. The van der Waals surface area contributed by atoms with Crippen LogP contribution in [0.2, 0.25) is 0 Å². The van der Waals surface area contributed by atoms with Gasteiger partial charge in [-0.1, -0.05) is 13.3 Å². The van der Waals surface area contributed by atoms with Gasteiger partial charge in [0.1, 0.15) is 5.75 Å². The average molecular weight is 296 g/mol. The third-order valence-corrected chi connectivity index (χ3v) is 4.98. The largest absolute Gasteiger partial charge is 0.497 e. The van der Waals surface area contributed by atoms with Crippen LogP contribution in [0.25, 0.3) is 0 Å². The summed E-state index contributed by atoms with van der Waals surface area (Å²) in [7, 11) is 1.62. The minimum Gasteiger partial charge on any atom is -0.497 e. The number of allylic oxidation sites excluding steroid dienone is 1. The number of carbonyl (C=O) groups excluding carboxylic acids is 1. The predicted molar refractivity (Wildman–Crippen MR) is 86.3 cm³/mol. The molecule has 0 atom stereocenters. The normalized spacial score (nSPS) is 10.1. The maximum atomic E-state index is 12.6. The van der Waals surface area contributed by atoms with Gasteiger partial charge in [-0.25, -0.2) is 0 Å². The molecule has 0 saturated heterocycles. The van der Waals surface area contributed by atoms with Gasteiger partial charge in [0.15, 0.2) is 5.78 Å². The standard InChI is InChI=1S/C15H20O2S2/c1-5-6-13(15(18-3)19-4)14(16)11-7-9-12(17-2)10-8-11/h7-10H,5-6H2,1-4H3. The molecule has 104 valence electrons. The van der Waals surface area contributed by atoms with Crippen LogP contribution in [-0.2, 0) is 0 Å². The molecule has 0 N–H and O–H groups in total. The second kappa shape index (κ2) is 8.33. The zero-order chi connectivity index (χ0) is 14.3. The molecule has 0 amide bonds. The molecule has 1 rings (SSSR count). The average Bonchev–Trinajstić information content (AvgIpc) is 2.47. The van der Waals surface area contributed by atoms with Crippen molar-refractivity contribution in [2.24, 2.45) is 0 Å². The van der Waals surface area contributed by atoms with E-state index in [1.54, 1.807) is 30.6 Å². The highest BCUT2D eigenvalue weighted by atomic mass is 32.2. The van der Waals surface area contributed by atoms with Crippen molar-refractivity contribution in [2.75, 3.05) is 19.6 Å². The predicted octanol–water partition coefficient (Wildman–Crippen LogP) is 4.62. The molecular weight excluding hydrogens is 276 g/mol. The lowest BCUT2D eigenvalue weighted by Crippen LogP contribution is -2.05. The van der Waals surface area contributed by atoms with Crippen LogP contribution in [-0.4, -0.2) is 25.4 Å². The van der Waals surface area contributed by atoms with Gasteiger partial charge >= 0.3 is 0 Å². The van der Waals surface area contributed by atoms with Gasteiger partial charge in [0.2, 0.25) is 0 Å². The van der Waals surface area contributed by atoms with Crippen molar-refractivity contribution in [1.82, 2.24) is 0 Å². The van der Waals surface area contributed by atoms with Gasteiger partial charge in [-0.15, -0.1) is 23.5 Å². The van der Waals surface area contributed by atoms with Gasteiger partial charge in [-0.05, 0) is 43.2 Å². The van der Waals surface area contributed by atoms with Crippen LogP contribution in [0.5, 0.6) is 5.75 Å². The molecule has 0 aromatic heterocycles. The Hall–Kier alpha value is -0.870. The van der Waals surface area contributed by atoms with E-state index in [9.17, 15) is 4.79 Å². The van der Waals surface area contributed by atoms with E-state index in [0.29, 0.717) is 0 Å². The third-order valence-electron chi connectivity index (χ3n) is 2.74. The van der Waals surface area contributed by atoms with E-state index in [-0.39, 0.29) is 5.78 Å². The van der Waals surface area contributed by atoms with Crippen LogP contribution in [0, 0.1) is 0 Å². The lowest BCUT2D eigenvalue weighted by molar-refractivity contribution is 0.103. The highest BCUT2D eigenvalue weighted by molar-refractivity contribution is 8.21. The molecule has 0 radical (unpaired) electrons. The Morgan fingerprint density at radius 3 is 2.16 bits per heavy atom. The molecule has 0 saturated carbocycles. The third kappa shape index (κ3) is 4.32. The molecule has 0 aliphatic rings. The number of ketones is 1. The first-order valence-electron chi connectivity index (χ1n) is 6.17. The van der Waals surface area contributed by atoms with Crippen molar-refractivity contribution in [3.63, 3.8) is 0 Å². The van der Waals surface area contributed by atoms with E-state index in [1.807, 2.05) is 36.8 Å². The van der Waals surface area contributed by atoms with Gasteiger partial charge < -0.3 is 4.74 Å². The first-order valence-corrected chi connectivity index (χ1v) is 8.62. The van der Waals surface area contributed by atoms with Crippen LogP contribution < -0.4 is 4.74 Å². The SMILES string of the molecule is CCCC(C(=O)c1ccc(OC)cc1)=C(SC)SC. The minimum absolute atomic E-state index is 0.128. The Labute approximate surface area is 124 Å². The molecule has 19 heavy (non-hydrogen) atoms. The number of methoxy groups -OCH3 is 1. The molecule has 1 aromatic carbocycles. The van der Waals surface area contributed by atoms with Gasteiger partial charge in [-0.2, -0.15) is 0 Å². The lowest BCUT2D eigenvalue weighted by atomic mass is 10.0. The lowest BCUT2D eigenvalue weighted by Gasteiger charge is -2.11. The molecule has 0 aliphatic carbocycles. The summed E-state index contributed by atoms with van der Waals surface area (Å²) in [6, 6.07) is 7.31. The fourth-order valence-electron chi connectivity index (χ4n) is 1.80. The van der Waals surface area contributed by atoms with E-state index in [1.165, 1.54) is 0 Å². The second-order valence-corrected chi connectivity index (χ2v) is 5.87. The number of hydrogen-bond donors (Lipinski definition) is 0. The quantitative estimate of drug-likeness (QED) is 0.542. The van der Waals surface area contributed by atoms with E-state index in [2.05, 4.69) is 6.92 Å². The summed E-state index contributed by atoms with van der Waals surface area (Å²) in [6.45, 7) is 2.10. The van der Waals surface area contributed by atoms with Gasteiger partial charge in [0, 0.05) is 15.4 Å². The van der Waals surface area contributed by atoms with Gasteiger partial charge in [0.25, 0.3) is 0 Å². The first-order chi connectivity index (χ1) is 9.17. The highest BCUT2D eigenvalue weighted by Gasteiger charge is 2.16. The Morgan fingerprint density at radius 2 is 1.74 bits per heavy atom. The van der Waals surface area contributed by atoms with E-state index < -0.39 is 0 Å². The van der Waals surface area contributed by atoms with Crippen molar-refractivity contribution in [1.29, 1.82) is 0 Å². The van der Waals surface area contributed by atoms with Crippen LogP contribution in [0.3, 0.4) is 0 Å². The second-order valence-electron chi connectivity index (χ2n) is 3.98. The Kier molecular flexibility index (Phi) is 7.10. The zero-order valence-corrected chi connectivity index (χ0v) is 13.5. The topological polar surface area (TPSA) is 26.3 Å². The number of hydrogen-bond acceptors (Lipinski definition) is 4. The van der Waals surface area contributed by atoms with Crippen molar-refractivity contribution in [2.45, 2.75) is 19.8 Å².